The minimum atomic E-state index is -3.67. The van der Waals surface area contributed by atoms with Crippen LogP contribution in [-0.2, 0) is 21.2 Å². The highest BCUT2D eigenvalue weighted by Gasteiger charge is 2.23. The minimum Gasteiger partial charge on any atom is -0.377 e. The number of aryl methyl sites for hydroxylation is 1. The quantitative estimate of drug-likeness (QED) is 0.810. The van der Waals surface area contributed by atoms with Crippen LogP contribution in [0.1, 0.15) is 25.2 Å². The van der Waals surface area contributed by atoms with Gasteiger partial charge in [0.2, 0.25) is 10.0 Å². The number of nitrogens with two attached hydrogens (primary N) is 1. The van der Waals surface area contributed by atoms with Crippen LogP contribution in [-0.4, -0.2) is 36.3 Å². The molecule has 1 rings (SSSR count). The van der Waals surface area contributed by atoms with Gasteiger partial charge in [-0.15, -0.1) is 0 Å². The van der Waals surface area contributed by atoms with Gasteiger partial charge >= 0.3 is 0 Å². The van der Waals surface area contributed by atoms with Crippen LogP contribution in [0.25, 0.3) is 0 Å². The average molecular weight is 273 g/mol. The molecule has 0 fully saturated rings. The Morgan fingerprint density at radius 1 is 1.33 bits per heavy atom. The number of nitrogens with zero attached hydrogens (tertiary/aromatic N) is 2. The van der Waals surface area contributed by atoms with E-state index >= 15 is 0 Å². The summed E-state index contributed by atoms with van der Waals surface area (Å²) in [5.41, 5.74) is 0.921. The van der Waals surface area contributed by atoms with E-state index in [1.807, 2.05) is 20.8 Å². The third-order valence-corrected chi connectivity index (χ3v) is 3.56. The van der Waals surface area contributed by atoms with E-state index in [2.05, 4.69) is 9.97 Å². The monoisotopic (exact) mass is 273 g/mol. The molecule has 1 atom stereocenters. The Bertz CT molecular complexity index is 471. The molecule has 1 aromatic rings. The van der Waals surface area contributed by atoms with E-state index in [9.17, 15) is 8.42 Å². The van der Waals surface area contributed by atoms with Crippen LogP contribution in [0.2, 0.25) is 0 Å². The van der Waals surface area contributed by atoms with E-state index in [0.29, 0.717) is 5.82 Å². The summed E-state index contributed by atoms with van der Waals surface area (Å²) in [5, 5.41) is 4.36. The summed E-state index contributed by atoms with van der Waals surface area (Å²) in [4.78, 5) is 8.14. The summed E-state index contributed by atoms with van der Waals surface area (Å²) in [6, 6.07) is 0. The lowest BCUT2D eigenvalue weighted by molar-refractivity contribution is 0.0784. The lowest BCUT2D eigenvalue weighted by Crippen LogP contribution is -2.35. The maximum Gasteiger partial charge on any atom is 0.214 e. The SMILES string of the molecule is Cc1cnc(C[C@@H](COC(C)C)S(N)(=O)=O)nc1. The summed E-state index contributed by atoms with van der Waals surface area (Å²) in [6.07, 6.45) is 3.40. The lowest BCUT2D eigenvalue weighted by Gasteiger charge is -2.16. The first kappa shape index (κ1) is 15.0. The molecule has 0 aliphatic rings. The van der Waals surface area contributed by atoms with E-state index in [4.69, 9.17) is 9.88 Å². The number of primary sulfonamides is 1. The van der Waals surface area contributed by atoms with Gasteiger partial charge in [-0.3, -0.25) is 0 Å². The van der Waals surface area contributed by atoms with Crippen LogP contribution in [0.15, 0.2) is 12.4 Å². The summed E-state index contributed by atoms with van der Waals surface area (Å²) in [7, 11) is -3.67. The van der Waals surface area contributed by atoms with Gasteiger partial charge < -0.3 is 4.74 Å². The highest BCUT2D eigenvalue weighted by molar-refractivity contribution is 7.89. The number of ether oxygens (including phenoxy) is 1. The molecular formula is C11H19N3O3S. The molecule has 0 radical (unpaired) electrons. The molecule has 1 heterocycles. The van der Waals surface area contributed by atoms with E-state index in [-0.39, 0.29) is 19.1 Å². The molecule has 0 saturated carbocycles. The van der Waals surface area contributed by atoms with Crippen LogP contribution in [0, 0.1) is 6.92 Å². The molecule has 2 N–H and O–H groups in total. The predicted molar refractivity (Wildman–Crippen MR) is 68.5 cm³/mol. The molecule has 0 aliphatic carbocycles. The summed E-state index contributed by atoms with van der Waals surface area (Å²) in [5.74, 6) is 0.451. The highest BCUT2D eigenvalue weighted by Crippen LogP contribution is 2.06. The Kier molecular flexibility index (Phi) is 5.18. The molecule has 0 saturated heterocycles. The summed E-state index contributed by atoms with van der Waals surface area (Å²) < 4.78 is 28.2. The van der Waals surface area contributed by atoms with Crippen LogP contribution < -0.4 is 5.14 Å². The van der Waals surface area contributed by atoms with E-state index in [0.717, 1.165) is 5.56 Å². The maximum atomic E-state index is 11.5. The largest absolute Gasteiger partial charge is 0.377 e. The van der Waals surface area contributed by atoms with Crippen LogP contribution in [0.4, 0.5) is 0 Å². The number of hydrogen-bond donors (Lipinski definition) is 1. The second kappa shape index (κ2) is 6.21. The fraction of sp³-hybridized carbons (Fsp3) is 0.636. The van der Waals surface area contributed by atoms with Gasteiger partial charge in [0.25, 0.3) is 0 Å². The molecule has 0 bridgehead atoms. The molecule has 18 heavy (non-hydrogen) atoms. The van der Waals surface area contributed by atoms with Crippen molar-refractivity contribution in [2.24, 2.45) is 5.14 Å². The first-order chi connectivity index (χ1) is 8.29. The standard InChI is InChI=1S/C11H19N3O3S/c1-8(2)17-7-10(18(12,15)16)4-11-13-5-9(3)6-14-11/h5-6,8,10H,4,7H2,1-3H3,(H2,12,15,16)/t10-/m0/s1. The molecular weight excluding hydrogens is 254 g/mol. The van der Waals surface area contributed by atoms with Crippen LogP contribution in [0.3, 0.4) is 0 Å². The van der Waals surface area contributed by atoms with Crippen molar-refractivity contribution in [3.63, 3.8) is 0 Å². The van der Waals surface area contributed by atoms with Crippen molar-refractivity contribution in [3.05, 3.63) is 23.8 Å². The van der Waals surface area contributed by atoms with Gasteiger partial charge in [-0.1, -0.05) is 0 Å². The average Bonchev–Trinajstić information content (AvgIpc) is 2.24. The number of aromatic nitrogens is 2. The van der Waals surface area contributed by atoms with Gasteiger partial charge in [-0.2, -0.15) is 0 Å². The first-order valence-electron chi connectivity index (χ1n) is 5.69. The van der Waals surface area contributed by atoms with Gasteiger partial charge in [0.1, 0.15) is 11.1 Å². The fourth-order valence-corrected chi connectivity index (χ4v) is 1.95. The van der Waals surface area contributed by atoms with Gasteiger partial charge in [-0.25, -0.2) is 23.5 Å². The highest BCUT2D eigenvalue weighted by atomic mass is 32.2. The zero-order valence-corrected chi connectivity index (χ0v) is 11.6. The van der Waals surface area contributed by atoms with Gasteiger partial charge in [0.15, 0.2) is 0 Å². The van der Waals surface area contributed by atoms with Gasteiger partial charge in [0.05, 0.1) is 12.7 Å². The number of sulfonamides is 1. The Labute approximate surface area is 108 Å². The molecule has 0 spiro atoms. The first-order valence-corrected chi connectivity index (χ1v) is 7.30. The molecule has 0 aliphatic heterocycles. The Hall–Kier alpha value is -1.05. The van der Waals surface area contributed by atoms with Crippen molar-refractivity contribution >= 4 is 10.0 Å². The van der Waals surface area contributed by atoms with Crippen molar-refractivity contribution in [2.75, 3.05) is 6.61 Å². The van der Waals surface area contributed by atoms with Crippen molar-refractivity contribution < 1.29 is 13.2 Å². The Balaban J connectivity index is 2.75. The van der Waals surface area contributed by atoms with Crippen molar-refractivity contribution in [3.8, 4) is 0 Å². The number of rotatable bonds is 6. The van der Waals surface area contributed by atoms with Crippen molar-refractivity contribution in [2.45, 2.75) is 38.5 Å². The molecule has 6 nitrogen and oxygen atoms in total. The number of hydrogen-bond acceptors (Lipinski definition) is 5. The Morgan fingerprint density at radius 3 is 2.33 bits per heavy atom. The van der Waals surface area contributed by atoms with Gasteiger partial charge in [-0.05, 0) is 26.3 Å². The lowest BCUT2D eigenvalue weighted by atomic mass is 10.3. The molecule has 1 aromatic heterocycles. The summed E-state index contributed by atoms with van der Waals surface area (Å²) in [6.45, 7) is 5.59. The third kappa shape index (κ3) is 5.07. The van der Waals surface area contributed by atoms with Crippen molar-refractivity contribution in [1.82, 2.24) is 9.97 Å². The van der Waals surface area contributed by atoms with Gasteiger partial charge in [0, 0.05) is 18.8 Å². The summed E-state index contributed by atoms with van der Waals surface area (Å²) >= 11 is 0. The molecule has 0 aromatic carbocycles. The smallest absolute Gasteiger partial charge is 0.214 e. The molecule has 102 valence electrons. The van der Waals surface area contributed by atoms with E-state index in [1.54, 1.807) is 12.4 Å². The topological polar surface area (TPSA) is 95.2 Å². The zero-order valence-electron chi connectivity index (χ0n) is 10.8. The van der Waals surface area contributed by atoms with Crippen LogP contribution >= 0.6 is 0 Å². The maximum absolute atomic E-state index is 11.5. The zero-order chi connectivity index (χ0) is 13.8. The second-order valence-corrected chi connectivity index (χ2v) is 6.32. The van der Waals surface area contributed by atoms with E-state index < -0.39 is 15.3 Å². The predicted octanol–water partition coefficient (Wildman–Crippen LogP) is 0.410. The van der Waals surface area contributed by atoms with E-state index in [1.165, 1.54) is 0 Å². The van der Waals surface area contributed by atoms with Crippen molar-refractivity contribution in [1.29, 1.82) is 0 Å². The molecule has 7 heteroatoms. The normalized spacial score (nSPS) is 13.8. The Morgan fingerprint density at radius 2 is 1.89 bits per heavy atom. The third-order valence-electron chi connectivity index (χ3n) is 2.32. The van der Waals surface area contributed by atoms with Crippen LogP contribution in [0.5, 0.6) is 0 Å². The molecule has 0 unspecified atom stereocenters. The second-order valence-electron chi connectivity index (χ2n) is 4.47. The minimum absolute atomic E-state index is 0.0480. The molecule has 0 amide bonds. The fourth-order valence-electron chi connectivity index (χ4n) is 1.30.